The van der Waals surface area contributed by atoms with Crippen LogP contribution in [0.4, 0.5) is 0 Å². The first-order chi connectivity index (χ1) is 8.48. The van der Waals surface area contributed by atoms with Crippen molar-refractivity contribution in [3.8, 4) is 11.3 Å². The molecule has 0 spiro atoms. The molecule has 1 aromatic heterocycles. The van der Waals surface area contributed by atoms with Gasteiger partial charge < -0.3 is 10.7 Å². The van der Waals surface area contributed by atoms with E-state index >= 15 is 0 Å². The first-order valence-corrected chi connectivity index (χ1v) is 6.40. The summed E-state index contributed by atoms with van der Waals surface area (Å²) in [5.74, 6) is 0.942. The number of H-pyrrole nitrogens is 1. The zero-order valence-electron chi connectivity index (χ0n) is 11.3. The highest BCUT2D eigenvalue weighted by atomic mass is 14.9. The van der Waals surface area contributed by atoms with Crippen LogP contribution in [-0.2, 0) is 12.8 Å². The van der Waals surface area contributed by atoms with Crippen LogP contribution in [0.2, 0.25) is 0 Å². The number of aromatic amines is 1. The molecule has 3 N–H and O–H groups in total. The lowest BCUT2D eigenvalue weighted by molar-refractivity contribution is 0.505. The van der Waals surface area contributed by atoms with Crippen LogP contribution in [0, 0.1) is 0 Å². The van der Waals surface area contributed by atoms with Crippen molar-refractivity contribution in [2.75, 3.05) is 0 Å². The van der Waals surface area contributed by atoms with Gasteiger partial charge in [-0.1, -0.05) is 31.2 Å². The van der Waals surface area contributed by atoms with Gasteiger partial charge in [-0.2, -0.15) is 0 Å². The van der Waals surface area contributed by atoms with E-state index in [4.69, 9.17) is 5.73 Å². The second kappa shape index (κ2) is 4.94. The summed E-state index contributed by atoms with van der Waals surface area (Å²) in [6, 6.07) is 8.57. The van der Waals surface area contributed by atoms with E-state index in [1.54, 1.807) is 0 Å². The number of nitrogens with zero attached hydrogens (tertiary/aromatic N) is 1. The van der Waals surface area contributed by atoms with Crippen LogP contribution < -0.4 is 5.73 Å². The molecule has 96 valence electrons. The number of rotatable bonds is 4. The minimum atomic E-state index is -0.235. The Hall–Kier alpha value is -1.61. The fraction of sp³-hybridized carbons (Fsp3) is 0.400. The van der Waals surface area contributed by atoms with Gasteiger partial charge in [0.25, 0.3) is 0 Å². The van der Waals surface area contributed by atoms with Gasteiger partial charge in [0, 0.05) is 12.0 Å². The van der Waals surface area contributed by atoms with E-state index in [2.05, 4.69) is 41.2 Å². The van der Waals surface area contributed by atoms with Crippen LogP contribution >= 0.6 is 0 Å². The molecular formula is C15H21N3. The second-order valence-electron chi connectivity index (χ2n) is 5.46. The molecule has 1 heterocycles. The molecule has 2 aromatic rings. The van der Waals surface area contributed by atoms with E-state index in [1.807, 2.05) is 20.0 Å². The molecule has 18 heavy (non-hydrogen) atoms. The third-order valence-corrected chi connectivity index (χ3v) is 2.92. The number of hydrogen-bond donors (Lipinski definition) is 2. The minimum absolute atomic E-state index is 0.235. The van der Waals surface area contributed by atoms with Crippen molar-refractivity contribution >= 4 is 0 Å². The molecule has 3 heteroatoms. The Balaban J connectivity index is 2.18. The van der Waals surface area contributed by atoms with Crippen molar-refractivity contribution < 1.29 is 0 Å². The van der Waals surface area contributed by atoms with E-state index in [0.29, 0.717) is 0 Å². The fourth-order valence-electron chi connectivity index (χ4n) is 1.95. The van der Waals surface area contributed by atoms with Crippen LogP contribution in [0.15, 0.2) is 30.5 Å². The highest BCUT2D eigenvalue weighted by molar-refractivity contribution is 5.58. The van der Waals surface area contributed by atoms with Gasteiger partial charge in [-0.25, -0.2) is 4.98 Å². The maximum absolute atomic E-state index is 5.99. The summed E-state index contributed by atoms with van der Waals surface area (Å²) in [5.41, 5.74) is 9.33. The molecule has 0 saturated heterocycles. The Morgan fingerprint density at radius 1 is 1.22 bits per heavy atom. The van der Waals surface area contributed by atoms with Crippen LogP contribution in [0.3, 0.4) is 0 Å². The lowest BCUT2D eigenvalue weighted by atomic mass is 10.0. The lowest BCUT2D eigenvalue weighted by Gasteiger charge is -2.15. The molecule has 0 aliphatic heterocycles. The minimum Gasteiger partial charge on any atom is -0.342 e. The molecule has 0 saturated carbocycles. The van der Waals surface area contributed by atoms with Crippen molar-refractivity contribution in [3.63, 3.8) is 0 Å². The Morgan fingerprint density at radius 3 is 2.44 bits per heavy atom. The van der Waals surface area contributed by atoms with Gasteiger partial charge in [0.15, 0.2) is 0 Å². The quantitative estimate of drug-likeness (QED) is 0.867. The normalized spacial score (nSPS) is 11.8. The summed E-state index contributed by atoms with van der Waals surface area (Å²) in [5, 5.41) is 0. The van der Waals surface area contributed by atoms with Crippen LogP contribution in [0.1, 0.15) is 32.2 Å². The van der Waals surface area contributed by atoms with Gasteiger partial charge in [-0.15, -0.1) is 0 Å². The van der Waals surface area contributed by atoms with Crippen molar-refractivity contribution in [1.82, 2.24) is 9.97 Å². The van der Waals surface area contributed by atoms with E-state index < -0.39 is 0 Å². The maximum Gasteiger partial charge on any atom is 0.108 e. The molecule has 0 atom stereocenters. The Labute approximate surface area is 108 Å². The van der Waals surface area contributed by atoms with E-state index in [0.717, 1.165) is 24.4 Å². The number of nitrogens with one attached hydrogen (secondary N) is 1. The third-order valence-electron chi connectivity index (χ3n) is 2.92. The Kier molecular flexibility index (Phi) is 3.53. The number of aryl methyl sites for hydroxylation is 1. The summed E-state index contributed by atoms with van der Waals surface area (Å²) in [6.45, 7) is 6.17. The third kappa shape index (κ3) is 3.20. The van der Waals surface area contributed by atoms with E-state index in [1.165, 1.54) is 11.1 Å². The monoisotopic (exact) mass is 243 g/mol. The predicted octanol–water partition coefficient (Wildman–Crippen LogP) is 2.92. The molecule has 0 aliphatic rings. The molecule has 3 nitrogen and oxygen atoms in total. The van der Waals surface area contributed by atoms with Crippen LogP contribution in [0.5, 0.6) is 0 Å². The molecule has 0 amide bonds. The highest BCUT2D eigenvalue weighted by Crippen LogP contribution is 2.19. The molecule has 0 aliphatic carbocycles. The number of benzene rings is 1. The van der Waals surface area contributed by atoms with Crippen LogP contribution in [0.25, 0.3) is 11.3 Å². The van der Waals surface area contributed by atoms with Gasteiger partial charge in [0.1, 0.15) is 5.82 Å². The highest BCUT2D eigenvalue weighted by Gasteiger charge is 2.14. The zero-order valence-corrected chi connectivity index (χ0v) is 11.3. The average molecular weight is 243 g/mol. The van der Waals surface area contributed by atoms with Crippen LogP contribution in [-0.4, -0.2) is 15.5 Å². The van der Waals surface area contributed by atoms with Crippen molar-refractivity contribution in [3.05, 3.63) is 41.9 Å². The molecule has 0 bridgehead atoms. The number of aromatic nitrogens is 2. The van der Waals surface area contributed by atoms with Gasteiger partial charge in [-0.05, 0) is 31.4 Å². The summed E-state index contributed by atoms with van der Waals surface area (Å²) >= 11 is 0. The standard InChI is InChI=1S/C15H21N3/c1-4-11-5-7-12(8-6-11)13-10-17-14(18-13)9-15(2,3)16/h5-8,10H,4,9,16H2,1-3H3,(H,17,18). The molecule has 0 fully saturated rings. The van der Waals surface area contributed by atoms with E-state index in [9.17, 15) is 0 Å². The topological polar surface area (TPSA) is 54.7 Å². The van der Waals surface area contributed by atoms with Crippen molar-refractivity contribution in [2.24, 2.45) is 5.73 Å². The first-order valence-electron chi connectivity index (χ1n) is 6.40. The molecule has 0 radical (unpaired) electrons. The summed E-state index contributed by atoms with van der Waals surface area (Å²) in [6.07, 6.45) is 3.69. The number of hydrogen-bond acceptors (Lipinski definition) is 2. The fourth-order valence-corrected chi connectivity index (χ4v) is 1.95. The molecule has 0 unspecified atom stereocenters. The number of nitrogens with two attached hydrogens (primary N) is 1. The predicted molar refractivity (Wildman–Crippen MR) is 75.4 cm³/mol. The van der Waals surface area contributed by atoms with E-state index in [-0.39, 0.29) is 5.54 Å². The van der Waals surface area contributed by atoms with Crippen molar-refractivity contribution in [1.29, 1.82) is 0 Å². The Morgan fingerprint density at radius 2 is 1.89 bits per heavy atom. The maximum atomic E-state index is 5.99. The van der Waals surface area contributed by atoms with Gasteiger partial charge in [0.2, 0.25) is 0 Å². The van der Waals surface area contributed by atoms with Gasteiger partial charge in [-0.3, -0.25) is 0 Å². The number of imidazole rings is 1. The summed E-state index contributed by atoms with van der Waals surface area (Å²) in [4.78, 5) is 7.72. The largest absolute Gasteiger partial charge is 0.342 e. The molecule has 1 aromatic carbocycles. The van der Waals surface area contributed by atoms with Gasteiger partial charge in [0.05, 0.1) is 11.9 Å². The summed E-state index contributed by atoms with van der Waals surface area (Å²) < 4.78 is 0. The second-order valence-corrected chi connectivity index (χ2v) is 5.46. The van der Waals surface area contributed by atoms with Gasteiger partial charge >= 0.3 is 0 Å². The molecule has 2 rings (SSSR count). The summed E-state index contributed by atoms with van der Waals surface area (Å²) in [7, 11) is 0. The SMILES string of the molecule is CCc1ccc(-c2cnc(CC(C)(C)N)[nH]2)cc1. The lowest BCUT2D eigenvalue weighted by Crippen LogP contribution is -2.34. The van der Waals surface area contributed by atoms with Crippen molar-refractivity contribution in [2.45, 2.75) is 39.2 Å². The average Bonchev–Trinajstić information content (AvgIpc) is 2.75. The Bertz CT molecular complexity index is 503. The zero-order chi connectivity index (χ0) is 13.2. The molecular weight excluding hydrogens is 222 g/mol. The smallest absolute Gasteiger partial charge is 0.108 e. The first kappa shape index (κ1) is 12.8.